The van der Waals surface area contributed by atoms with Crippen LogP contribution >= 0.6 is 0 Å². The molecule has 5 nitrogen and oxygen atoms in total. The standard InChI is InChI=1S/C16H15N3O2/c1-20-9-11-3-2-4-13(7-11)21-16-14-8-12(17)5-6-15(14)18-10-19-16/h2-8,10H,9,17H2,1H3. The normalized spacial score (nSPS) is 10.7. The lowest BCUT2D eigenvalue weighted by molar-refractivity contribution is 0.184. The molecule has 5 heteroatoms. The number of hydrogen-bond acceptors (Lipinski definition) is 5. The smallest absolute Gasteiger partial charge is 0.230 e. The number of nitrogen functional groups attached to an aromatic ring is 1. The molecule has 0 saturated heterocycles. The van der Waals surface area contributed by atoms with Crippen molar-refractivity contribution in [2.45, 2.75) is 6.61 Å². The van der Waals surface area contributed by atoms with Crippen LogP contribution in [0.15, 0.2) is 48.8 Å². The fourth-order valence-electron chi connectivity index (χ4n) is 2.11. The molecule has 0 aliphatic rings. The number of nitrogens with zero attached hydrogens (tertiary/aromatic N) is 2. The van der Waals surface area contributed by atoms with Crippen molar-refractivity contribution < 1.29 is 9.47 Å². The average molecular weight is 281 g/mol. The summed E-state index contributed by atoms with van der Waals surface area (Å²) in [5.41, 5.74) is 8.30. The Hall–Kier alpha value is -2.66. The van der Waals surface area contributed by atoms with E-state index in [1.807, 2.05) is 36.4 Å². The van der Waals surface area contributed by atoms with Gasteiger partial charge in [0.2, 0.25) is 5.88 Å². The molecular formula is C16H15N3O2. The third-order valence-electron chi connectivity index (χ3n) is 3.05. The predicted octanol–water partition coefficient (Wildman–Crippen LogP) is 3.15. The van der Waals surface area contributed by atoms with Gasteiger partial charge < -0.3 is 15.2 Å². The second-order valence-corrected chi connectivity index (χ2v) is 4.64. The number of benzene rings is 2. The molecule has 0 unspecified atom stereocenters. The number of rotatable bonds is 4. The Morgan fingerprint density at radius 3 is 2.86 bits per heavy atom. The summed E-state index contributed by atoms with van der Waals surface area (Å²) in [6.07, 6.45) is 1.48. The topological polar surface area (TPSA) is 70.3 Å². The number of anilines is 1. The highest BCUT2D eigenvalue weighted by Gasteiger charge is 2.07. The van der Waals surface area contributed by atoms with E-state index in [1.54, 1.807) is 13.2 Å². The van der Waals surface area contributed by atoms with Crippen molar-refractivity contribution in [1.29, 1.82) is 0 Å². The van der Waals surface area contributed by atoms with Crippen molar-refractivity contribution in [2.24, 2.45) is 0 Å². The first kappa shape index (κ1) is 13.3. The molecule has 3 aromatic rings. The van der Waals surface area contributed by atoms with E-state index >= 15 is 0 Å². The van der Waals surface area contributed by atoms with Gasteiger partial charge >= 0.3 is 0 Å². The molecule has 21 heavy (non-hydrogen) atoms. The lowest BCUT2D eigenvalue weighted by atomic mass is 10.2. The lowest BCUT2D eigenvalue weighted by Gasteiger charge is -2.09. The van der Waals surface area contributed by atoms with Crippen molar-refractivity contribution in [3.63, 3.8) is 0 Å². The van der Waals surface area contributed by atoms with Gasteiger partial charge in [0.25, 0.3) is 0 Å². The van der Waals surface area contributed by atoms with E-state index < -0.39 is 0 Å². The van der Waals surface area contributed by atoms with Crippen LogP contribution in [0.2, 0.25) is 0 Å². The average Bonchev–Trinajstić information content (AvgIpc) is 2.49. The molecular weight excluding hydrogens is 266 g/mol. The summed E-state index contributed by atoms with van der Waals surface area (Å²) in [5, 5.41) is 0.787. The Morgan fingerprint density at radius 1 is 1.10 bits per heavy atom. The molecule has 2 N–H and O–H groups in total. The first-order chi connectivity index (χ1) is 10.3. The highest BCUT2D eigenvalue weighted by molar-refractivity contribution is 5.86. The van der Waals surface area contributed by atoms with Gasteiger partial charge in [0.1, 0.15) is 12.1 Å². The lowest BCUT2D eigenvalue weighted by Crippen LogP contribution is -1.94. The molecule has 2 aromatic carbocycles. The molecule has 0 fully saturated rings. The maximum absolute atomic E-state index is 5.87. The van der Waals surface area contributed by atoms with Gasteiger partial charge in [0.15, 0.2) is 0 Å². The van der Waals surface area contributed by atoms with E-state index in [0.717, 1.165) is 16.5 Å². The maximum Gasteiger partial charge on any atom is 0.230 e. The van der Waals surface area contributed by atoms with Crippen LogP contribution in [0.4, 0.5) is 5.69 Å². The number of ether oxygens (including phenoxy) is 2. The van der Waals surface area contributed by atoms with Crippen molar-refractivity contribution >= 4 is 16.6 Å². The van der Waals surface area contributed by atoms with Crippen LogP contribution in [0, 0.1) is 0 Å². The number of aromatic nitrogens is 2. The van der Waals surface area contributed by atoms with Gasteiger partial charge in [-0.15, -0.1) is 0 Å². The van der Waals surface area contributed by atoms with E-state index in [1.165, 1.54) is 6.33 Å². The van der Waals surface area contributed by atoms with Gasteiger partial charge in [-0.2, -0.15) is 0 Å². The monoisotopic (exact) mass is 281 g/mol. The van der Waals surface area contributed by atoms with Crippen molar-refractivity contribution in [1.82, 2.24) is 9.97 Å². The SMILES string of the molecule is COCc1cccc(Oc2ncnc3ccc(N)cc23)c1. The Kier molecular flexibility index (Phi) is 3.66. The van der Waals surface area contributed by atoms with Crippen molar-refractivity contribution in [3.05, 3.63) is 54.4 Å². The zero-order valence-corrected chi connectivity index (χ0v) is 11.6. The van der Waals surface area contributed by atoms with Gasteiger partial charge in [-0.1, -0.05) is 12.1 Å². The Morgan fingerprint density at radius 2 is 2.00 bits per heavy atom. The quantitative estimate of drug-likeness (QED) is 0.744. The molecule has 0 spiro atoms. The minimum atomic E-state index is 0.488. The molecule has 0 bridgehead atoms. The molecule has 0 aliphatic heterocycles. The molecule has 0 radical (unpaired) electrons. The first-order valence-corrected chi connectivity index (χ1v) is 6.52. The molecule has 0 saturated carbocycles. The Labute approximate surface area is 122 Å². The summed E-state index contributed by atoms with van der Waals surface area (Å²) in [6, 6.07) is 13.2. The maximum atomic E-state index is 5.87. The van der Waals surface area contributed by atoms with Gasteiger partial charge in [0.05, 0.1) is 17.5 Å². The van der Waals surface area contributed by atoms with Gasteiger partial charge in [0, 0.05) is 12.8 Å². The third-order valence-corrected chi connectivity index (χ3v) is 3.05. The molecule has 3 rings (SSSR count). The number of nitrogens with two attached hydrogens (primary N) is 1. The molecule has 0 atom stereocenters. The summed E-state index contributed by atoms with van der Waals surface area (Å²) in [6.45, 7) is 0.536. The fraction of sp³-hybridized carbons (Fsp3) is 0.125. The fourth-order valence-corrected chi connectivity index (χ4v) is 2.11. The Balaban J connectivity index is 1.98. The number of fused-ring (bicyclic) bond motifs is 1. The largest absolute Gasteiger partial charge is 0.438 e. The molecule has 106 valence electrons. The van der Waals surface area contributed by atoms with E-state index in [-0.39, 0.29) is 0 Å². The number of hydrogen-bond donors (Lipinski definition) is 1. The first-order valence-electron chi connectivity index (χ1n) is 6.52. The van der Waals surface area contributed by atoms with E-state index in [4.69, 9.17) is 15.2 Å². The summed E-state index contributed by atoms with van der Waals surface area (Å²) in [7, 11) is 1.66. The summed E-state index contributed by atoms with van der Waals surface area (Å²) >= 11 is 0. The van der Waals surface area contributed by atoms with Crippen LogP contribution in [-0.4, -0.2) is 17.1 Å². The van der Waals surface area contributed by atoms with Gasteiger partial charge in [-0.25, -0.2) is 9.97 Å². The van der Waals surface area contributed by atoms with Crippen LogP contribution in [0.3, 0.4) is 0 Å². The van der Waals surface area contributed by atoms with Crippen LogP contribution in [0.5, 0.6) is 11.6 Å². The predicted molar refractivity (Wildman–Crippen MR) is 81.2 cm³/mol. The van der Waals surface area contributed by atoms with Crippen molar-refractivity contribution in [2.75, 3.05) is 12.8 Å². The van der Waals surface area contributed by atoms with Crippen LogP contribution in [-0.2, 0) is 11.3 Å². The minimum Gasteiger partial charge on any atom is -0.438 e. The van der Waals surface area contributed by atoms with Crippen LogP contribution < -0.4 is 10.5 Å². The van der Waals surface area contributed by atoms with Crippen LogP contribution in [0.25, 0.3) is 10.9 Å². The van der Waals surface area contributed by atoms with Gasteiger partial charge in [-0.05, 0) is 35.9 Å². The molecule has 1 aromatic heterocycles. The number of methoxy groups -OCH3 is 1. The van der Waals surface area contributed by atoms with Crippen LogP contribution in [0.1, 0.15) is 5.56 Å². The summed E-state index contributed by atoms with van der Waals surface area (Å²) in [4.78, 5) is 8.40. The van der Waals surface area contributed by atoms with Gasteiger partial charge in [-0.3, -0.25) is 0 Å². The summed E-state index contributed by atoms with van der Waals surface area (Å²) in [5.74, 6) is 1.19. The zero-order valence-electron chi connectivity index (χ0n) is 11.6. The minimum absolute atomic E-state index is 0.488. The highest BCUT2D eigenvalue weighted by atomic mass is 16.5. The molecule has 0 amide bonds. The van der Waals surface area contributed by atoms with Crippen molar-refractivity contribution in [3.8, 4) is 11.6 Å². The Bertz CT molecular complexity index is 774. The zero-order chi connectivity index (χ0) is 14.7. The third kappa shape index (κ3) is 2.93. The molecule has 0 aliphatic carbocycles. The van der Waals surface area contributed by atoms with E-state index in [2.05, 4.69) is 9.97 Å². The van der Waals surface area contributed by atoms with E-state index in [0.29, 0.717) is 23.9 Å². The second-order valence-electron chi connectivity index (χ2n) is 4.64. The van der Waals surface area contributed by atoms with E-state index in [9.17, 15) is 0 Å². The summed E-state index contributed by atoms with van der Waals surface area (Å²) < 4.78 is 11.0. The second kappa shape index (κ2) is 5.76. The highest BCUT2D eigenvalue weighted by Crippen LogP contribution is 2.28. The molecule has 1 heterocycles.